The fraction of sp³-hybridized carbons (Fsp3) is 0.0286. The van der Waals surface area contributed by atoms with Crippen LogP contribution in [0.4, 0.5) is 8.78 Å². The van der Waals surface area contributed by atoms with Crippen LogP contribution in [-0.4, -0.2) is 19.2 Å². The van der Waals surface area contributed by atoms with Crippen LogP contribution in [0.5, 0.6) is 0 Å². The fourth-order valence-electron chi connectivity index (χ4n) is 5.74. The van der Waals surface area contributed by atoms with Crippen LogP contribution in [0.2, 0.25) is 5.02 Å². The first-order valence-electron chi connectivity index (χ1n) is 13.5. The van der Waals surface area contributed by atoms with E-state index >= 15 is 4.39 Å². The summed E-state index contributed by atoms with van der Waals surface area (Å²) in [6.45, 7) is 0. The Morgan fingerprint density at radius 1 is 0.698 bits per heavy atom. The Labute approximate surface area is 265 Å². The molecule has 0 bridgehead atoms. The van der Waals surface area contributed by atoms with E-state index in [-0.39, 0.29) is 5.56 Å². The zero-order valence-electron chi connectivity index (χ0n) is 22.5. The molecule has 8 heteroatoms. The monoisotopic (exact) mass is 698 g/mol. The van der Waals surface area contributed by atoms with E-state index in [1.54, 1.807) is 6.20 Å². The third-order valence-corrected chi connectivity index (χ3v) is 8.72. The number of halogens is 4. The van der Waals surface area contributed by atoms with E-state index in [0.717, 1.165) is 26.5 Å². The third kappa shape index (κ3) is 4.63. The lowest BCUT2D eigenvalue weighted by Crippen LogP contribution is -2.38. The van der Waals surface area contributed by atoms with Gasteiger partial charge in [0.25, 0.3) is 0 Å². The average molecular weight is 699 g/mol. The van der Waals surface area contributed by atoms with Gasteiger partial charge in [0.2, 0.25) is 0 Å². The van der Waals surface area contributed by atoms with Crippen LogP contribution >= 0.6 is 34.2 Å². The molecule has 0 atom stereocenters. The van der Waals surface area contributed by atoms with Gasteiger partial charge in [-0.05, 0) is 57.5 Å². The van der Waals surface area contributed by atoms with Crippen LogP contribution in [0, 0.1) is 15.3 Å². The van der Waals surface area contributed by atoms with Crippen molar-refractivity contribution in [3.63, 3.8) is 0 Å². The Hall–Kier alpha value is -4.34. The third-order valence-electron chi connectivity index (χ3n) is 7.65. The molecule has 0 amide bonds. The van der Waals surface area contributed by atoms with Gasteiger partial charge in [0.15, 0.2) is 5.65 Å². The van der Waals surface area contributed by atoms with Crippen molar-refractivity contribution in [1.82, 2.24) is 19.2 Å². The molecule has 7 rings (SSSR count). The van der Waals surface area contributed by atoms with Crippen molar-refractivity contribution < 1.29 is 8.78 Å². The van der Waals surface area contributed by atoms with Gasteiger partial charge in [-0.3, -0.25) is 9.08 Å². The smallest absolute Gasteiger partial charge is 0.156 e. The van der Waals surface area contributed by atoms with Crippen molar-refractivity contribution in [2.75, 3.05) is 0 Å². The van der Waals surface area contributed by atoms with Crippen molar-refractivity contribution in [1.29, 1.82) is 0 Å². The number of pyridine rings is 1. The van der Waals surface area contributed by atoms with Crippen molar-refractivity contribution in [2.24, 2.45) is 0 Å². The number of aromatic nitrogens is 4. The lowest BCUT2D eigenvalue weighted by atomic mass is 9.77. The molecule has 3 aromatic heterocycles. The van der Waals surface area contributed by atoms with E-state index in [0.29, 0.717) is 27.5 Å². The van der Waals surface area contributed by atoms with E-state index < -0.39 is 17.2 Å². The maximum absolute atomic E-state index is 15.5. The molecule has 210 valence electrons. The number of hydrogen-bond acceptors (Lipinski definition) is 2. The number of benzene rings is 4. The van der Waals surface area contributed by atoms with Gasteiger partial charge >= 0.3 is 0 Å². The lowest BCUT2D eigenvalue weighted by Gasteiger charge is -2.36. The van der Waals surface area contributed by atoms with Gasteiger partial charge in [-0.15, -0.1) is 0 Å². The second-order valence-electron chi connectivity index (χ2n) is 10.1. The number of fused-ring (bicyclic) bond motifs is 1. The molecular formula is C35H22ClF2IN4. The van der Waals surface area contributed by atoms with Gasteiger partial charge in [-0.2, -0.15) is 5.10 Å². The molecule has 0 spiro atoms. The van der Waals surface area contributed by atoms with E-state index in [1.807, 2.05) is 82.1 Å². The van der Waals surface area contributed by atoms with Crippen molar-refractivity contribution in [3.05, 3.63) is 171 Å². The van der Waals surface area contributed by atoms with Gasteiger partial charge in [0.1, 0.15) is 26.6 Å². The zero-order chi connectivity index (χ0) is 29.6. The number of nitrogens with zero attached hydrogens (tertiary/aromatic N) is 4. The topological polar surface area (TPSA) is 35.1 Å². The van der Waals surface area contributed by atoms with Crippen molar-refractivity contribution in [3.8, 4) is 22.4 Å². The normalized spacial score (nSPS) is 11.7. The molecule has 43 heavy (non-hydrogen) atoms. The van der Waals surface area contributed by atoms with Crippen LogP contribution in [-0.2, 0) is 5.54 Å². The molecule has 3 heterocycles. The van der Waals surface area contributed by atoms with Crippen LogP contribution in [0.1, 0.15) is 16.7 Å². The van der Waals surface area contributed by atoms with Crippen LogP contribution in [0.15, 0.2) is 134 Å². The summed E-state index contributed by atoms with van der Waals surface area (Å²) in [6.07, 6.45) is 5.57. The van der Waals surface area contributed by atoms with E-state index in [4.69, 9.17) is 16.7 Å². The number of imidazole rings is 1. The minimum Gasteiger partial charge on any atom is -0.293 e. The molecular weight excluding hydrogens is 677 g/mol. The summed E-state index contributed by atoms with van der Waals surface area (Å²) in [7, 11) is 0. The second kappa shape index (κ2) is 11.1. The quantitative estimate of drug-likeness (QED) is 0.128. The maximum atomic E-state index is 15.5. The SMILES string of the molecule is Fc1ccc(-c2nn(C(c3ccccc3)(c3ccccc3)c3ccccc3)cc2-c2cc(Cl)c3ncc(I)n3c2)c(F)c1. The summed E-state index contributed by atoms with van der Waals surface area (Å²) in [5.41, 5.74) is 4.44. The highest BCUT2D eigenvalue weighted by Gasteiger charge is 2.40. The van der Waals surface area contributed by atoms with E-state index in [9.17, 15) is 4.39 Å². The molecule has 0 aliphatic rings. The molecule has 0 N–H and O–H groups in total. The molecule has 0 fully saturated rings. The fourth-order valence-corrected chi connectivity index (χ4v) is 6.50. The van der Waals surface area contributed by atoms with Crippen LogP contribution in [0.25, 0.3) is 28.0 Å². The first kappa shape index (κ1) is 27.5. The molecule has 4 nitrogen and oxygen atoms in total. The number of rotatable bonds is 6. The highest BCUT2D eigenvalue weighted by atomic mass is 127. The number of hydrogen-bond donors (Lipinski definition) is 0. The summed E-state index contributed by atoms with van der Waals surface area (Å²) < 4.78 is 34.2. The second-order valence-corrected chi connectivity index (χ2v) is 11.6. The van der Waals surface area contributed by atoms with Crippen LogP contribution < -0.4 is 0 Å². The van der Waals surface area contributed by atoms with Gasteiger partial charge in [-0.25, -0.2) is 13.8 Å². The van der Waals surface area contributed by atoms with Crippen molar-refractivity contribution >= 4 is 39.8 Å². The molecule has 0 radical (unpaired) electrons. The standard InChI is InChI=1S/C35H22ClF2IN4/c36-30-18-23(21-42-32(39)20-40-34(30)42)29-22-43(41-33(29)28-17-16-27(37)19-31(28)38)35(24-10-4-1-5-11-24,25-12-6-2-7-13-25)26-14-8-3-9-15-26/h1-22H. The predicted molar refractivity (Wildman–Crippen MR) is 174 cm³/mol. The van der Waals surface area contributed by atoms with E-state index in [2.05, 4.69) is 64.0 Å². The molecule has 0 unspecified atom stereocenters. The Kier molecular flexibility index (Phi) is 7.07. The zero-order valence-corrected chi connectivity index (χ0v) is 25.4. The summed E-state index contributed by atoms with van der Waals surface area (Å²) in [5.74, 6) is -1.37. The largest absolute Gasteiger partial charge is 0.293 e. The maximum Gasteiger partial charge on any atom is 0.156 e. The molecule has 0 aliphatic heterocycles. The highest BCUT2D eigenvalue weighted by molar-refractivity contribution is 14.1. The lowest BCUT2D eigenvalue weighted by molar-refractivity contribution is 0.461. The van der Waals surface area contributed by atoms with Crippen molar-refractivity contribution in [2.45, 2.75) is 5.54 Å². The molecule has 0 saturated heterocycles. The summed E-state index contributed by atoms with van der Waals surface area (Å²) in [5, 5.41) is 5.60. The Morgan fingerprint density at radius 3 is 1.84 bits per heavy atom. The van der Waals surface area contributed by atoms with Gasteiger partial charge in [-0.1, -0.05) is 103 Å². The minimum absolute atomic E-state index is 0.176. The minimum atomic E-state index is -0.940. The highest BCUT2D eigenvalue weighted by Crippen LogP contribution is 2.44. The molecule has 7 aromatic rings. The van der Waals surface area contributed by atoms with E-state index in [1.165, 1.54) is 12.1 Å². The molecule has 0 saturated carbocycles. The molecule has 0 aliphatic carbocycles. The predicted octanol–water partition coefficient (Wildman–Crippen LogP) is 9.24. The Bertz CT molecular complexity index is 1980. The summed E-state index contributed by atoms with van der Waals surface area (Å²) in [4.78, 5) is 4.42. The summed E-state index contributed by atoms with van der Waals surface area (Å²) in [6, 6.07) is 35.7. The Morgan fingerprint density at radius 2 is 1.28 bits per heavy atom. The van der Waals surface area contributed by atoms with Gasteiger partial charge in [0.05, 0.1) is 11.2 Å². The van der Waals surface area contributed by atoms with Gasteiger partial charge < -0.3 is 0 Å². The first-order chi connectivity index (χ1) is 21.0. The summed E-state index contributed by atoms with van der Waals surface area (Å²) >= 11 is 8.92. The first-order valence-corrected chi connectivity index (χ1v) is 15.0. The average Bonchev–Trinajstić information content (AvgIpc) is 3.64. The van der Waals surface area contributed by atoms with Gasteiger partial charge in [0, 0.05) is 35.2 Å². The Balaban J connectivity index is 1.61. The van der Waals surface area contributed by atoms with Crippen LogP contribution in [0.3, 0.4) is 0 Å². The molecule has 4 aromatic carbocycles.